The minimum atomic E-state index is 0.100. The van der Waals surface area contributed by atoms with Crippen LogP contribution in [0.5, 0.6) is 0 Å². The van der Waals surface area contributed by atoms with Crippen LogP contribution in [0, 0.1) is 0 Å². The molecule has 114 valence electrons. The molecule has 0 aliphatic heterocycles. The molecule has 0 radical (unpaired) electrons. The Morgan fingerprint density at radius 1 is 1.14 bits per heavy atom. The van der Waals surface area contributed by atoms with Gasteiger partial charge in [0.1, 0.15) is 0 Å². The molecule has 1 N–H and O–H groups in total. The van der Waals surface area contributed by atoms with E-state index in [1.807, 2.05) is 12.1 Å². The van der Waals surface area contributed by atoms with Crippen LogP contribution in [0.25, 0.3) is 0 Å². The van der Waals surface area contributed by atoms with Gasteiger partial charge in [-0.1, -0.05) is 41.9 Å². The first-order chi connectivity index (χ1) is 10.2. The number of aliphatic hydroxyl groups excluding tert-OH is 1. The van der Waals surface area contributed by atoms with Crippen molar-refractivity contribution in [3.63, 3.8) is 0 Å². The number of aliphatic hydroxyl groups is 1. The van der Waals surface area contributed by atoms with Crippen molar-refractivity contribution >= 4 is 15.9 Å². The molecule has 2 rings (SSSR count). The van der Waals surface area contributed by atoms with E-state index in [-0.39, 0.29) is 12.5 Å². The van der Waals surface area contributed by atoms with Crippen molar-refractivity contribution in [2.75, 3.05) is 6.61 Å². The van der Waals surface area contributed by atoms with Crippen LogP contribution < -0.4 is 0 Å². The van der Waals surface area contributed by atoms with Crippen LogP contribution in [0.2, 0.25) is 0 Å². The Labute approximate surface area is 135 Å². The summed E-state index contributed by atoms with van der Waals surface area (Å²) in [7, 11) is 0. The summed E-state index contributed by atoms with van der Waals surface area (Å²) in [5, 5.41) is 14.4. The van der Waals surface area contributed by atoms with Crippen LogP contribution in [0.15, 0.2) is 41.0 Å². The van der Waals surface area contributed by atoms with Gasteiger partial charge in [-0.25, -0.2) is 0 Å². The fourth-order valence-electron chi connectivity index (χ4n) is 2.63. The van der Waals surface area contributed by atoms with Gasteiger partial charge >= 0.3 is 0 Å². The second kappa shape index (κ2) is 7.76. The van der Waals surface area contributed by atoms with E-state index < -0.39 is 0 Å². The van der Waals surface area contributed by atoms with E-state index in [0.717, 1.165) is 35.0 Å². The quantitative estimate of drug-likeness (QED) is 0.807. The fraction of sp³-hybridized carbons (Fsp3) is 0.471. The normalized spacial score (nSPS) is 12.8. The van der Waals surface area contributed by atoms with Gasteiger partial charge in [-0.15, -0.1) is 0 Å². The summed E-state index contributed by atoms with van der Waals surface area (Å²) in [6, 6.07) is 10.7. The molecule has 0 fully saturated rings. The molecule has 1 atom stereocenters. The summed E-state index contributed by atoms with van der Waals surface area (Å²) < 4.78 is 3.12. The predicted molar refractivity (Wildman–Crippen MR) is 89.5 cm³/mol. The smallest absolute Gasteiger partial charge is 0.0631 e. The SMILES string of the molecule is CCC(CC)n1ccc(CC(CO)c2ccc(Br)cc2)n1. The highest BCUT2D eigenvalue weighted by Gasteiger charge is 2.14. The molecule has 2 aromatic rings. The maximum Gasteiger partial charge on any atom is 0.0631 e. The molecule has 4 heteroatoms. The minimum Gasteiger partial charge on any atom is -0.396 e. The summed E-state index contributed by atoms with van der Waals surface area (Å²) in [6.07, 6.45) is 5.01. The summed E-state index contributed by atoms with van der Waals surface area (Å²) >= 11 is 3.44. The maximum absolute atomic E-state index is 9.67. The van der Waals surface area contributed by atoms with E-state index in [9.17, 15) is 5.11 Å². The Kier molecular flexibility index (Phi) is 6.00. The van der Waals surface area contributed by atoms with Crippen LogP contribution >= 0.6 is 15.9 Å². The first kappa shape index (κ1) is 16.2. The van der Waals surface area contributed by atoms with Gasteiger partial charge in [-0.3, -0.25) is 4.68 Å². The topological polar surface area (TPSA) is 38.0 Å². The van der Waals surface area contributed by atoms with Gasteiger partial charge in [0.2, 0.25) is 0 Å². The highest BCUT2D eigenvalue weighted by Crippen LogP contribution is 2.23. The van der Waals surface area contributed by atoms with Crippen LogP contribution in [0.1, 0.15) is 49.9 Å². The zero-order valence-electron chi connectivity index (χ0n) is 12.7. The molecule has 0 aliphatic carbocycles. The lowest BCUT2D eigenvalue weighted by molar-refractivity contribution is 0.263. The van der Waals surface area contributed by atoms with Crippen LogP contribution in [0.3, 0.4) is 0 Å². The molecule has 0 saturated carbocycles. The highest BCUT2D eigenvalue weighted by molar-refractivity contribution is 9.10. The van der Waals surface area contributed by atoms with Gasteiger partial charge in [0.15, 0.2) is 0 Å². The van der Waals surface area contributed by atoms with Gasteiger partial charge in [-0.2, -0.15) is 5.10 Å². The Morgan fingerprint density at radius 3 is 2.38 bits per heavy atom. The van der Waals surface area contributed by atoms with Gasteiger partial charge in [0, 0.05) is 23.0 Å². The number of nitrogens with zero attached hydrogens (tertiary/aromatic N) is 2. The molecule has 1 heterocycles. The summed E-state index contributed by atoms with van der Waals surface area (Å²) in [4.78, 5) is 0. The van der Waals surface area contributed by atoms with Gasteiger partial charge in [0.05, 0.1) is 18.3 Å². The van der Waals surface area contributed by atoms with Crippen molar-refractivity contribution < 1.29 is 5.11 Å². The fourth-order valence-corrected chi connectivity index (χ4v) is 2.89. The Balaban J connectivity index is 2.10. The summed E-state index contributed by atoms with van der Waals surface area (Å²) in [5.41, 5.74) is 2.20. The van der Waals surface area contributed by atoms with Crippen LogP contribution in [-0.2, 0) is 6.42 Å². The second-order valence-electron chi connectivity index (χ2n) is 5.39. The molecule has 1 unspecified atom stereocenters. The van der Waals surface area contributed by atoms with Crippen molar-refractivity contribution in [1.29, 1.82) is 0 Å². The average molecular weight is 351 g/mol. The zero-order valence-corrected chi connectivity index (χ0v) is 14.3. The molecule has 0 saturated heterocycles. The first-order valence-electron chi connectivity index (χ1n) is 7.58. The van der Waals surface area contributed by atoms with Crippen molar-refractivity contribution in [3.05, 3.63) is 52.3 Å². The molecule has 0 amide bonds. The number of rotatable bonds is 7. The molecule has 1 aromatic carbocycles. The Morgan fingerprint density at radius 2 is 1.81 bits per heavy atom. The molecule has 0 spiro atoms. The van der Waals surface area contributed by atoms with E-state index in [1.54, 1.807) is 0 Å². The molecular weight excluding hydrogens is 328 g/mol. The lowest BCUT2D eigenvalue weighted by atomic mass is 9.95. The zero-order chi connectivity index (χ0) is 15.2. The van der Waals surface area contributed by atoms with Gasteiger partial charge < -0.3 is 5.11 Å². The van der Waals surface area contributed by atoms with Crippen LogP contribution in [-0.4, -0.2) is 21.5 Å². The number of hydrogen-bond acceptors (Lipinski definition) is 2. The molecular formula is C17H23BrN2O. The van der Waals surface area contributed by atoms with Crippen molar-refractivity contribution in [2.45, 2.75) is 45.1 Å². The largest absolute Gasteiger partial charge is 0.396 e. The molecule has 3 nitrogen and oxygen atoms in total. The van der Waals surface area contributed by atoms with Gasteiger partial charge in [-0.05, 0) is 36.6 Å². The third-order valence-corrected chi connectivity index (χ3v) is 4.53. The molecule has 0 bridgehead atoms. The summed E-state index contributed by atoms with van der Waals surface area (Å²) in [5.74, 6) is 0.100. The maximum atomic E-state index is 9.67. The first-order valence-corrected chi connectivity index (χ1v) is 8.37. The Bertz CT molecular complexity index is 546. The monoisotopic (exact) mass is 350 g/mol. The number of benzene rings is 1. The lowest BCUT2D eigenvalue weighted by Gasteiger charge is -2.14. The lowest BCUT2D eigenvalue weighted by Crippen LogP contribution is -2.11. The standard InChI is InChI=1S/C17H23BrN2O/c1-3-17(4-2)20-10-9-16(19-20)11-14(12-21)13-5-7-15(18)8-6-13/h5-10,14,17,21H,3-4,11-12H2,1-2H3. The van der Waals surface area contributed by atoms with Crippen molar-refractivity contribution in [2.24, 2.45) is 0 Å². The third-order valence-electron chi connectivity index (χ3n) is 4.00. The van der Waals surface area contributed by atoms with E-state index in [0.29, 0.717) is 6.04 Å². The van der Waals surface area contributed by atoms with Crippen molar-refractivity contribution in [1.82, 2.24) is 9.78 Å². The van der Waals surface area contributed by atoms with E-state index in [2.05, 4.69) is 64.0 Å². The second-order valence-corrected chi connectivity index (χ2v) is 6.31. The summed E-state index contributed by atoms with van der Waals surface area (Å²) in [6.45, 7) is 4.52. The van der Waals surface area contributed by atoms with Crippen molar-refractivity contribution in [3.8, 4) is 0 Å². The predicted octanol–water partition coefficient (Wildman–Crippen LogP) is 4.33. The van der Waals surface area contributed by atoms with Gasteiger partial charge in [0.25, 0.3) is 0 Å². The number of halogens is 1. The van der Waals surface area contributed by atoms with E-state index >= 15 is 0 Å². The van der Waals surface area contributed by atoms with E-state index in [1.165, 1.54) is 0 Å². The number of aromatic nitrogens is 2. The third kappa shape index (κ3) is 4.17. The highest BCUT2D eigenvalue weighted by atomic mass is 79.9. The molecule has 1 aromatic heterocycles. The molecule has 0 aliphatic rings. The molecule has 21 heavy (non-hydrogen) atoms. The average Bonchev–Trinajstić information content (AvgIpc) is 2.96. The van der Waals surface area contributed by atoms with Crippen LogP contribution in [0.4, 0.5) is 0 Å². The van der Waals surface area contributed by atoms with E-state index in [4.69, 9.17) is 0 Å². The Hall–Kier alpha value is -1.13. The minimum absolute atomic E-state index is 0.100. The number of hydrogen-bond donors (Lipinski definition) is 1.